The molecule has 12 heteroatoms. The number of non-ortho nitro benzene ring substituents is 1. The molecule has 0 saturated heterocycles. The fourth-order valence-corrected chi connectivity index (χ4v) is 2.33. The minimum Gasteiger partial charge on any atom is -0.504 e. The van der Waals surface area contributed by atoms with Gasteiger partial charge in [0.2, 0.25) is 0 Å². The van der Waals surface area contributed by atoms with Gasteiger partial charge in [0, 0.05) is 17.7 Å². The Morgan fingerprint density at radius 1 is 1.17 bits per heavy atom. The first-order valence-corrected chi connectivity index (χ1v) is 8.56. The number of carbonyl (C=O) groups is 1. The zero-order chi connectivity index (χ0) is 22.3. The molecule has 2 aromatic carbocycles. The summed E-state index contributed by atoms with van der Waals surface area (Å²) < 4.78 is 10.3. The lowest BCUT2D eigenvalue weighted by Gasteiger charge is -2.08. The summed E-state index contributed by atoms with van der Waals surface area (Å²) in [4.78, 5) is 32.6. The smallest absolute Gasteiger partial charge is 0.311 e. The molecule has 0 heterocycles. The van der Waals surface area contributed by atoms with Crippen LogP contribution in [0.15, 0.2) is 35.4 Å². The van der Waals surface area contributed by atoms with E-state index in [2.05, 4.69) is 10.5 Å². The van der Waals surface area contributed by atoms with Crippen molar-refractivity contribution in [2.45, 2.75) is 13.8 Å². The second-order valence-electron chi connectivity index (χ2n) is 5.88. The number of phenolic OH excluding ortho intramolecular Hbond substituents is 1. The number of nitro groups is 2. The van der Waals surface area contributed by atoms with Crippen molar-refractivity contribution in [3.8, 4) is 17.2 Å². The lowest BCUT2D eigenvalue weighted by Crippen LogP contribution is -2.24. The van der Waals surface area contributed by atoms with E-state index >= 15 is 0 Å². The number of hydrogen-bond donors (Lipinski definition) is 2. The van der Waals surface area contributed by atoms with Crippen LogP contribution in [0.1, 0.15) is 18.1 Å². The average molecular weight is 418 g/mol. The van der Waals surface area contributed by atoms with Crippen LogP contribution in [0.5, 0.6) is 17.2 Å². The largest absolute Gasteiger partial charge is 0.504 e. The van der Waals surface area contributed by atoms with Gasteiger partial charge in [0.05, 0.1) is 28.7 Å². The third-order valence-electron chi connectivity index (χ3n) is 3.66. The Morgan fingerprint density at radius 2 is 1.90 bits per heavy atom. The number of nitrogens with zero attached hydrogens (tertiary/aromatic N) is 3. The van der Waals surface area contributed by atoms with Crippen LogP contribution < -0.4 is 14.9 Å². The molecule has 0 aliphatic carbocycles. The van der Waals surface area contributed by atoms with Crippen LogP contribution in [0.3, 0.4) is 0 Å². The van der Waals surface area contributed by atoms with Crippen molar-refractivity contribution >= 4 is 23.5 Å². The van der Waals surface area contributed by atoms with Crippen molar-refractivity contribution < 1.29 is 29.2 Å². The summed E-state index contributed by atoms with van der Waals surface area (Å²) >= 11 is 0. The monoisotopic (exact) mass is 418 g/mol. The van der Waals surface area contributed by atoms with Gasteiger partial charge in [0.25, 0.3) is 11.6 Å². The molecule has 1 amide bonds. The summed E-state index contributed by atoms with van der Waals surface area (Å²) in [6, 6.07) is 6.41. The van der Waals surface area contributed by atoms with E-state index in [1.54, 1.807) is 19.9 Å². The Bertz CT molecular complexity index is 1010. The fourth-order valence-electron chi connectivity index (χ4n) is 2.33. The van der Waals surface area contributed by atoms with Gasteiger partial charge in [-0.05, 0) is 25.5 Å². The molecule has 0 bridgehead atoms. The summed E-state index contributed by atoms with van der Waals surface area (Å²) in [6.45, 7) is 2.93. The molecule has 0 fully saturated rings. The lowest BCUT2D eigenvalue weighted by atomic mass is 10.1. The summed E-state index contributed by atoms with van der Waals surface area (Å²) in [6.07, 6.45) is 0.997. The number of rotatable bonds is 9. The molecular weight excluding hydrogens is 400 g/mol. The highest BCUT2D eigenvalue weighted by Crippen LogP contribution is 2.33. The first kappa shape index (κ1) is 22.1. The maximum Gasteiger partial charge on any atom is 0.311 e. The molecule has 12 nitrogen and oxygen atoms in total. The normalized spacial score (nSPS) is 10.6. The van der Waals surface area contributed by atoms with E-state index in [1.165, 1.54) is 12.1 Å². The number of aromatic hydroxyl groups is 1. The highest BCUT2D eigenvalue weighted by Gasteiger charge is 2.17. The van der Waals surface area contributed by atoms with Crippen molar-refractivity contribution in [1.82, 2.24) is 5.43 Å². The molecule has 0 saturated carbocycles. The van der Waals surface area contributed by atoms with Crippen molar-refractivity contribution in [3.63, 3.8) is 0 Å². The van der Waals surface area contributed by atoms with Gasteiger partial charge in [0.15, 0.2) is 23.9 Å². The van der Waals surface area contributed by atoms with E-state index in [0.29, 0.717) is 5.56 Å². The van der Waals surface area contributed by atoms with Crippen LogP contribution in [-0.4, -0.2) is 40.3 Å². The molecule has 0 radical (unpaired) electrons. The summed E-state index contributed by atoms with van der Waals surface area (Å²) in [5.41, 5.74) is 2.09. The van der Waals surface area contributed by atoms with E-state index in [9.17, 15) is 30.1 Å². The van der Waals surface area contributed by atoms with E-state index in [4.69, 9.17) is 9.47 Å². The first-order valence-electron chi connectivity index (χ1n) is 8.56. The van der Waals surface area contributed by atoms with Crippen molar-refractivity contribution in [1.29, 1.82) is 0 Å². The topological polar surface area (TPSA) is 166 Å². The minimum absolute atomic E-state index is 0.0527. The predicted molar refractivity (Wildman–Crippen MR) is 105 cm³/mol. The van der Waals surface area contributed by atoms with E-state index in [0.717, 1.165) is 18.3 Å². The molecule has 0 atom stereocenters. The summed E-state index contributed by atoms with van der Waals surface area (Å²) in [5, 5.41) is 35.8. The highest BCUT2D eigenvalue weighted by atomic mass is 16.6. The Labute approximate surface area is 170 Å². The number of aryl methyl sites for hydroxylation is 1. The van der Waals surface area contributed by atoms with Gasteiger partial charge in [-0.1, -0.05) is 6.07 Å². The van der Waals surface area contributed by atoms with Crippen LogP contribution in [0.25, 0.3) is 0 Å². The van der Waals surface area contributed by atoms with Crippen LogP contribution in [0.4, 0.5) is 11.4 Å². The van der Waals surface area contributed by atoms with Crippen LogP contribution in [0.2, 0.25) is 0 Å². The molecule has 2 aromatic rings. The van der Waals surface area contributed by atoms with Crippen molar-refractivity contribution in [2.24, 2.45) is 5.10 Å². The quantitative estimate of drug-likeness (QED) is 0.356. The number of nitrogens with one attached hydrogen (secondary N) is 1. The number of phenols is 1. The van der Waals surface area contributed by atoms with E-state index in [1.807, 2.05) is 0 Å². The molecule has 0 spiro atoms. The van der Waals surface area contributed by atoms with Gasteiger partial charge in [-0.15, -0.1) is 0 Å². The molecule has 0 aliphatic heterocycles. The van der Waals surface area contributed by atoms with Crippen molar-refractivity contribution in [2.75, 3.05) is 13.2 Å². The van der Waals surface area contributed by atoms with Gasteiger partial charge >= 0.3 is 5.69 Å². The number of benzene rings is 2. The molecular formula is C18H18N4O8. The lowest BCUT2D eigenvalue weighted by molar-refractivity contribution is -0.385. The molecule has 0 aliphatic rings. The second kappa shape index (κ2) is 9.82. The Kier molecular flexibility index (Phi) is 7.22. The zero-order valence-electron chi connectivity index (χ0n) is 16.0. The SMILES string of the molecule is CCOc1cc([N+](=O)[O-])cc(C=NNC(=O)COc2ccc(C)cc2[N+](=O)[O-])c1O. The number of hydrogen-bond acceptors (Lipinski definition) is 9. The van der Waals surface area contributed by atoms with Crippen LogP contribution >= 0.6 is 0 Å². The van der Waals surface area contributed by atoms with Gasteiger partial charge in [0.1, 0.15) is 0 Å². The Hall–Kier alpha value is -4.22. The highest BCUT2D eigenvalue weighted by molar-refractivity contribution is 5.87. The fraction of sp³-hybridized carbons (Fsp3) is 0.222. The molecule has 30 heavy (non-hydrogen) atoms. The summed E-state index contributed by atoms with van der Waals surface area (Å²) in [7, 11) is 0. The molecule has 2 N–H and O–H groups in total. The standard InChI is InChI=1S/C18H18N4O8/c1-3-29-16-8-13(21(25)26)7-12(18(16)24)9-19-20-17(23)10-30-15-5-4-11(2)6-14(15)22(27)28/h4-9,24H,3,10H2,1-2H3,(H,20,23). The number of amides is 1. The molecule has 0 aromatic heterocycles. The third-order valence-corrected chi connectivity index (χ3v) is 3.66. The number of hydrazone groups is 1. The zero-order valence-corrected chi connectivity index (χ0v) is 16.0. The van der Waals surface area contributed by atoms with Gasteiger partial charge in [-0.25, -0.2) is 5.43 Å². The maximum absolute atomic E-state index is 11.9. The van der Waals surface area contributed by atoms with Crippen molar-refractivity contribution in [3.05, 3.63) is 61.7 Å². The molecule has 158 valence electrons. The minimum atomic E-state index is -0.740. The third kappa shape index (κ3) is 5.64. The van der Waals surface area contributed by atoms with E-state index < -0.39 is 22.4 Å². The number of ether oxygens (including phenoxy) is 2. The van der Waals surface area contributed by atoms with Gasteiger partial charge < -0.3 is 14.6 Å². The predicted octanol–water partition coefficient (Wildman–Crippen LogP) is 2.44. The average Bonchev–Trinajstić information content (AvgIpc) is 2.69. The Morgan fingerprint density at radius 3 is 2.53 bits per heavy atom. The first-order chi connectivity index (χ1) is 14.2. The van der Waals surface area contributed by atoms with Crippen LogP contribution in [-0.2, 0) is 4.79 Å². The van der Waals surface area contributed by atoms with Crippen LogP contribution in [0, 0.1) is 27.2 Å². The second-order valence-corrected chi connectivity index (χ2v) is 5.88. The summed E-state index contributed by atoms with van der Waals surface area (Å²) in [5.74, 6) is -1.31. The molecule has 0 unspecified atom stereocenters. The van der Waals surface area contributed by atoms with Gasteiger partial charge in [-0.3, -0.25) is 25.0 Å². The van der Waals surface area contributed by atoms with E-state index in [-0.39, 0.29) is 40.8 Å². The Balaban J connectivity index is 2.06. The number of carbonyl (C=O) groups excluding carboxylic acids is 1. The molecule has 2 rings (SSSR count). The van der Waals surface area contributed by atoms with Gasteiger partial charge in [-0.2, -0.15) is 5.10 Å². The number of nitro benzene ring substituents is 2. The maximum atomic E-state index is 11.9.